The normalized spacial score (nSPS) is 30.4. The molecule has 0 aliphatic carbocycles. The highest BCUT2D eigenvalue weighted by Gasteiger charge is 2.45. The first-order valence-corrected chi connectivity index (χ1v) is 15.6. The Hall–Kier alpha value is 0.627. The van der Waals surface area contributed by atoms with E-state index in [-0.39, 0.29) is 41.0 Å². The van der Waals surface area contributed by atoms with Crippen LogP contribution in [0.1, 0.15) is 41.5 Å². The highest BCUT2D eigenvalue weighted by molar-refractivity contribution is 8.13. The van der Waals surface area contributed by atoms with Crippen LogP contribution in [-0.2, 0) is 18.7 Å². The van der Waals surface area contributed by atoms with Gasteiger partial charge in [-0.15, -0.1) is 8.93 Å². The summed E-state index contributed by atoms with van der Waals surface area (Å²) in [7, 11) is 0.436. The van der Waals surface area contributed by atoms with Crippen molar-refractivity contribution in [1.29, 1.82) is 0 Å². The minimum Gasteiger partial charge on any atom is -0.413 e. The van der Waals surface area contributed by atoms with Crippen molar-refractivity contribution in [2.24, 2.45) is 17.8 Å². The Morgan fingerprint density at radius 2 is 1.88 bits per heavy atom. The third kappa shape index (κ3) is 6.06. The Labute approximate surface area is 159 Å². The zero-order chi connectivity index (χ0) is 19.6. The van der Waals surface area contributed by atoms with Gasteiger partial charge in [0.25, 0.3) is 0 Å². The molecular weight excluding hydrogens is 370 g/mol. The molecule has 148 valence electrons. The molecule has 0 saturated carbocycles. The molecule has 4 nitrogen and oxygen atoms in total. The molecule has 0 N–H and O–H groups in total. The lowest BCUT2D eigenvalue weighted by Crippen LogP contribution is -2.52. The Kier molecular flexibility index (Phi) is 8.72. The van der Waals surface area contributed by atoms with Gasteiger partial charge in [0.2, 0.25) is 0 Å². The first-order chi connectivity index (χ1) is 11.3. The van der Waals surface area contributed by atoms with Crippen LogP contribution in [0.3, 0.4) is 0 Å². The van der Waals surface area contributed by atoms with Crippen molar-refractivity contribution < 1.29 is 18.7 Å². The molecule has 0 radical (unpaired) electrons. The summed E-state index contributed by atoms with van der Waals surface area (Å²) >= 11 is 0. The van der Waals surface area contributed by atoms with Crippen molar-refractivity contribution in [2.75, 3.05) is 13.3 Å². The SMILES string of the molecule is C[C@H]([C@H]1OC(P(C)P)OC[C@@H]1C)[C@H](O[Si](C)(C)C(C)(C)C)[C@@H](C)C=O. The Morgan fingerprint density at radius 1 is 1.32 bits per heavy atom. The first-order valence-electron chi connectivity index (χ1n) is 9.19. The van der Waals surface area contributed by atoms with E-state index < -0.39 is 15.9 Å². The maximum absolute atomic E-state index is 11.6. The fourth-order valence-electron chi connectivity index (χ4n) is 2.97. The van der Waals surface area contributed by atoms with Crippen LogP contribution in [0.15, 0.2) is 0 Å². The average Bonchev–Trinajstić information content (AvgIpc) is 2.50. The van der Waals surface area contributed by atoms with Crippen molar-refractivity contribution >= 4 is 31.1 Å². The van der Waals surface area contributed by atoms with Gasteiger partial charge in [-0.3, -0.25) is 0 Å². The van der Waals surface area contributed by atoms with Gasteiger partial charge in [0.1, 0.15) is 6.29 Å². The maximum atomic E-state index is 11.6. The van der Waals surface area contributed by atoms with Crippen molar-refractivity contribution in [3.05, 3.63) is 0 Å². The fourth-order valence-corrected chi connectivity index (χ4v) is 5.55. The zero-order valence-corrected chi connectivity index (χ0v) is 20.5. The van der Waals surface area contributed by atoms with Crippen LogP contribution in [0, 0.1) is 17.8 Å². The van der Waals surface area contributed by atoms with E-state index in [1.165, 1.54) is 0 Å². The molecule has 0 spiro atoms. The van der Waals surface area contributed by atoms with Crippen LogP contribution in [0.2, 0.25) is 18.1 Å². The summed E-state index contributed by atoms with van der Waals surface area (Å²) in [6.45, 7) is 20.3. The Bertz CT molecular complexity index is 439. The number of hydrogen-bond donors (Lipinski definition) is 0. The highest BCUT2D eigenvalue weighted by Crippen LogP contribution is 2.50. The summed E-state index contributed by atoms with van der Waals surface area (Å²) in [5.41, 5.74) is 0. The van der Waals surface area contributed by atoms with Gasteiger partial charge in [-0.2, -0.15) is 0 Å². The van der Waals surface area contributed by atoms with E-state index >= 15 is 0 Å². The molecule has 0 bridgehead atoms. The summed E-state index contributed by atoms with van der Waals surface area (Å²) in [6, 6.07) is -0.149. The van der Waals surface area contributed by atoms with Crippen LogP contribution >= 0.6 is 16.5 Å². The number of carbonyl (C=O) groups excluding carboxylic acids is 1. The lowest BCUT2D eigenvalue weighted by atomic mass is 9.84. The monoisotopic (exact) mass is 408 g/mol. The van der Waals surface area contributed by atoms with Crippen molar-refractivity contribution in [3.63, 3.8) is 0 Å². The zero-order valence-electron chi connectivity index (χ0n) is 17.4. The molecule has 1 saturated heterocycles. The highest BCUT2D eigenvalue weighted by atomic mass is 32.0. The summed E-state index contributed by atoms with van der Waals surface area (Å²) in [5.74, 6) is 0.270. The average molecular weight is 409 g/mol. The van der Waals surface area contributed by atoms with Crippen LogP contribution in [-0.4, -0.2) is 46.1 Å². The molecule has 0 aromatic rings. The second kappa shape index (κ2) is 9.21. The van der Waals surface area contributed by atoms with Gasteiger partial charge < -0.3 is 18.7 Å². The largest absolute Gasteiger partial charge is 0.413 e. The van der Waals surface area contributed by atoms with Gasteiger partial charge >= 0.3 is 0 Å². The van der Waals surface area contributed by atoms with E-state index in [1.807, 2.05) is 6.92 Å². The topological polar surface area (TPSA) is 44.8 Å². The van der Waals surface area contributed by atoms with Gasteiger partial charge in [-0.25, -0.2) is 0 Å². The summed E-state index contributed by atoms with van der Waals surface area (Å²) in [5, 5.41) is 0.107. The van der Waals surface area contributed by atoms with Crippen molar-refractivity contribution in [2.45, 2.75) is 77.9 Å². The molecule has 0 aromatic heterocycles. The number of aldehydes is 1. The summed E-state index contributed by atoms with van der Waals surface area (Å²) in [4.78, 5) is 11.6. The van der Waals surface area contributed by atoms with Gasteiger partial charge in [0.05, 0.1) is 18.8 Å². The van der Waals surface area contributed by atoms with Crippen LogP contribution in [0.25, 0.3) is 0 Å². The van der Waals surface area contributed by atoms with E-state index in [4.69, 9.17) is 13.9 Å². The van der Waals surface area contributed by atoms with E-state index in [9.17, 15) is 4.79 Å². The number of carbonyl (C=O) groups is 1. The van der Waals surface area contributed by atoms with E-state index in [2.05, 4.69) is 63.3 Å². The molecule has 0 amide bonds. The molecule has 1 fully saturated rings. The van der Waals surface area contributed by atoms with Crippen LogP contribution in [0.5, 0.6) is 0 Å². The molecule has 1 heterocycles. The molecule has 1 aliphatic rings. The summed E-state index contributed by atoms with van der Waals surface area (Å²) < 4.78 is 18.8. The van der Waals surface area contributed by atoms with Crippen molar-refractivity contribution in [1.82, 2.24) is 0 Å². The van der Waals surface area contributed by atoms with Crippen molar-refractivity contribution in [3.8, 4) is 0 Å². The van der Waals surface area contributed by atoms with Gasteiger partial charge in [-0.1, -0.05) is 41.5 Å². The molecular formula is C18H38O4P2Si. The van der Waals surface area contributed by atoms with Gasteiger partial charge in [0, 0.05) is 17.8 Å². The molecule has 0 aromatic carbocycles. The van der Waals surface area contributed by atoms with E-state index in [0.717, 1.165) is 6.29 Å². The van der Waals surface area contributed by atoms with E-state index in [0.29, 0.717) is 6.61 Å². The van der Waals surface area contributed by atoms with E-state index in [1.54, 1.807) is 0 Å². The molecule has 3 unspecified atom stereocenters. The Balaban J connectivity index is 3.03. The molecule has 25 heavy (non-hydrogen) atoms. The third-order valence-electron chi connectivity index (χ3n) is 5.67. The molecule has 7 heteroatoms. The number of hydrogen-bond acceptors (Lipinski definition) is 4. The minimum absolute atomic E-state index is 0.0430. The van der Waals surface area contributed by atoms with Gasteiger partial charge in [-0.05, 0) is 32.4 Å². The maximum Gasteiger partial charge on any atom is 0.192 e. The second-order valence-corrected chi connectivity index (χ2v) is 18.0. The molecule has 1 aliphatic heterocycles. The quantitative estimate of drug-likeness (QED) is 0.335. The van der Waals surface area contributed by atoms with Crippen LogP contribution < -0.4 is 0 Å². The summed E-state index contributed by atoms with van der Waals surface area (Å²) in [6.07, 6.45) is 0.941. The Morgan fingerprint density at radius 3 is 2.32 bits per heavy atom. The predicted octanol–water partition coefficient (Wildman–Crippen LogP) is 5.08. The molecule has 1 rings (SSSR count). The fraction of sp³-hybridized carbons (Fsp3) is 0.944. The second-order valence-electron chi connectivity index (χ2n) is 9.08. The molecule has 8 atom stereocenters. The predicted molar refractivity (Wildman–Crippen MR) is 113 cm³/mol. The van der Waals surface area contributed by atoms with Crippen LogP contribution in [0.4, 0.5) is 0 Å². The number of rotatable bonds is 7. The lowest BCUT2D eigenvalue weighted by molar-refractivity contribution is -0.213. The number of ether oxygens (including phenoxy) is 2. The smallest absolute Gasteiger partial charge is 0.192 e. The first kappa shape index (κ1) is 23.7. The van der Waals surface area contributed by atoms with Gasteiger partial charge in [0.15, 0.2) is 14.3 Å². The minimum atomic E-state index is -1.98. The standard InChI is InChI=1S/C18H38O4P2Si/c1-12(10-19)16(22-25(8,9)18(4,5)6)14(3)15-13(2)11-20-17(21-15)24(7)23/h10,12-17H,11,23H2,1-9H3/t12-,13-,14+,15-,16+,17?,24?/m0/s1. The third-order valence-corrected chi connectivity index (χ3v) is 11.8. The lowest BCUT2D eigenvalue weighted by Gasteiger charge is -2.46.